The van der Waals surface area contributed by atoms with Crippen LogP contribution in [0.5, 0.6) is 0 Å². The number of hydrogen-bond donors (Lipinski definition) is 2. The predicted molar refractivity (Wildman–Crippen MR) is 136 cm³/mol. The molecule has 2 heterocycles. The minimum atomic E-state index is -0.566. The summed E-state index contributed by atoms with van der Waals surface area (Å²) >= 11 is 3.44. The van der Waals surface area contributed by atoms with Crippen LogP contribution < -0.4 is 16.4 Å². The highest BCUT2D eigenvalue weighted by Crippen LogP contribution is 2.36. The number of rotatable bonds is 5. The van der Waals surface area contributed by atoms with Crippen molar-refractivity contribution in [2.45, 2.75) is 6.54 Å². The molecule has 1 aliphatic heterocycles. The molecule has 9 heteroatoms. The van der Waals surface area contributed by atoms with Gasteiger partial charge in [-0.3, -0.25) is 9.80 Å². The Balaban J connectivity index is 1.49. The summed E-state index contributed by atoms with van der Waals surface area (Å²) in [4.78, 5) is 16.0. The molecule has 0 spiro atoms. The first kappa shape index (κ1) is 22.4. The zero-order valence-electron chi connectivity index (χ0n) is 18.4. The van der Waals surface area contributed by atoms with Gasteiger partial charge in [-0.2, -0.15) is 0 Å². The van der Waals surface area contributed by atoms with Crippen molar-refractivity contribution in [3.8, 4) is 11.1 Å². The van der Waals surface area contributed by atoms with Gasteiger partial charge in [0.05, 0.1) is 30.0 Å². The van der Waals surface area contributed by atoms with Crippen LogP contribution in [0, 0.1) is 0 Å². The van der Waals surface area contributed by atoms with E-state index in [4.69, 9.17) is 20.7 Å². The average molecular weight is 522 g/mol. The number of primary amides is 1. The van der Waals surface area contributed by atoms with E-state index in [0.717, 1.165) is 59.4 Å². The summed E-state index contributed by atoms with van der Waals surface area (Å²) in [6.07, 6.45) is 0. The fourth-order valence-electron chi connectivity index (χ4n) is 4.30. The lowest BCUT2D eigenvalue weighted by Crippen LogP contribution is -2.35. The van der Waals surface area contributed by atoms with Crippen molar-refractivity contribution in [1.82, 2.24) is 10.1 Å². The van der Waals surface area contributed by atoms with Gasteiger partial charge in [-0.05, 0) is 41.5 Å². The van der Waals surface area contributed by atoms with Crippen LogP contribution in [0.2, 0.25) is 0 Å². The van der Waals surface area contributed by atoms with Crippen molar-refractivity contribution in [2.75, 3.05) is 36.9 Å². The van der Waals surface area contributed by atoms with E-state index < -0.39 is 6.03 Å². The molecule has 5 rings (SSSR count). The third-order valence-corrected chi connectivity index (χ3v) is 6.44. The van der Waals surface area contributed by atoms with Crippen LogP contribution in [-0.2, 0) is 11.3 Å². The Kier molecular flexibility index (Phi) is 6.23. The molecule has 1 aliphatic rings. The summed E-state index contributed by atoms with van der Waals surface area (Å²) in [6, 6.07) is 18.5. The summed E-state index contributed by atoms with van der Waals surface area (Å²) in [7, 11) is 0. The highest BCUT2D eigenvalue weighted by molar-refractivity contribution is 9.10. The molecule has 0 radical (unpaired) electrons. The summed E-state index contributed by atoms with van der Waals surface area (Å²) in [5.41, 5.74) is 16.8. The smallest absolute Gasteiger partial charge is 0.323 e. The van der Waals surface area contributed by atoms with Gasteiger partial charge < -0.3 is 20.7 Å². The Labute approximate surface area is 205 Å². The number of carbonyl (C=O) groups excluding carboxylic acids is 1. The van der Waals surface area contributed by atoms with Crippen LogP contribution in [0.3, 0.4) is 0 Å². The predicted octanol–water partition coefficient (Wildman–Crippen LogP) is 4.89. The lowest BCUT2D eigenvalue weighted by atomic mass is 9.98. The lowest BCUT2D eigenvalue weighted by molar-refractivity contribution is 0.0342. The fourth-order valence-corrected chi connectivity index (χ4v) is 4.69. The van der Waals surface area contributed by atoms with Gasteiger partial charge in [-0.25, -0.2) is 4.79 Å². The largest absolute Gasteiger partial charge is 0.380 e. The molecule has 1 aromatic heterocycles. The SMILES string of the molecule is NC(=O)N(c1ccc(-c2ccc(CN3CCOCC3)c3onc(N)c23)cc1)c1cccc(Br)c1. The van der Waals surface area contributed by atoms with Crippen molar-refractivity contribution in [2.24, 2.45) is 5.73 Å². The van der Waals surface area contributed by atoms with Gasteiger partial charge in [0.1, 0.15) is 0 Å². The molecule has 1 fully saturated rings. The number of carbonyl (C=O) groups is 1. The van der Waals surface area contributed by atoms with E-state index in [1.807, 2.05) is 54.6 Å². The van der Waals surface area contributed by atoms with Crippen LogP contribution in [0.25, 0.3) is 22.1 Å². The highest BCUT2D eigenvalue weighted by atomic mass is 79.9. The van der Waals surface area contributed by atoms with Gasteiger partial charge in [0, 0.05) is 29.7 Å². The molecule has 4 aromatic rings. The van der Waals surface area contributed by atoms with Gasteiger partial charge >= 0.3 is 6.03 Å². The van der Waals surface area contributed by atoms with Gasteiger partial charge in [0.25, 0.3) is 0 Å². The second-order valence-electron chi connectivity index (χ2n) is 8.13. The van der Waals surface area contributed by atoms with E-state index in [1.165, 1.54) is 4.90 Å². The average Bonchev–Trinajstić information content (AvgIpc) is 3.23. The molecule has 34 heavy (non-hydrogen) atoms. The minimum Gasteiger partial charge on any atom is -0.380 e. The number of nitrogens with zero attached hydrogens (tertiary/aromatic N) is 3. The molecular weight excluding hydrogens is 498 g/mol. The molecule has 0 atom stereocenters. The van der Waals surface area contributed by atoms with Gasteiger partial charge in [-0.15, -0.1) is 0 Å². The maximum absolute atomic E-state index is 12.2. The summed E-state index contributed by atoms with van der Waals surface area (Å²) in [5, 5.41) is 4.83. The van der Waals surface area contributed by atoms with Crippen molar-refractivity contribution >= 4 is 50.1 Å². The Morgan fingerprint density at radius 1 is 1.06 bits per heavy atom. The molecule has 2 amide bonds. The van der Waals surface area contributed by atoms with Crippen LogP contribution in [-0.4, -0.2) is 42.4 Å². The van der Waals surface area contributed by atoms with E-state index >= 15 is 0 Å². The minimum absolute atomic E-state index is 0.353. The normalized spacial score (nSPS) is 14.4. The number of urea groups is 1. The zero-order valence-corrected chi connectivity index (χ0v) is 20.0. The fraction of sp³-hybridized carbons (Fsp3) is 0.200. The third kappa shape index (κ3) is 4.37. The van der Waals surface area contributed by atoms with Crippen molar-refractivity contribution < 1.29 is 14.1 Å². The number of amides is 2. The first-order valence-corrected chi connectivity index (χ1v) is 11.7. The van der Waals surface area contributed by atoms with Gasteiger partial charge in [0.2, 0.25) is 0 Å². The van der Waals surface area contributed by atoms with Crippen molar-refractivity contribution in [3.63, 3.8) is 0 Å². The van der Waals surface area contributed by atoms with Crippen LogP contribution in [0.4, 0.5) is 22.0 Å². The first-order valence-electron chi connectivity index (χ1n) is 10.9. The summed E-state index contributed by atoms with van der Waals surface area (Å²) in [6.45, 7) is 3.96. The molecule has 0 saturated carbocycles. The Bertz CT molecular complexity index is 1330. The second kappa shape index (κ2) is 9.46. The number of morpholine rings is 1. The van der Waals surface area contributed by atoms with Crippen molar-refractivity contribution in [3.05, 3.63) is 70.7 Å². The van der Waals surface area contributed by atoms with E-state index in [-0.39, 0.29) is 0 Å². The molecule has 0 bridgehead atoms. The standard InChI is InChI=1S/C25H24BrN5O3/c26-18-2-1-3-20(14-18)31(25(28)32)19-7-4-16(5-8-19)21-9-6-17(15-30-10-12-33-13-11-30)23-22(21)24(27)29-34-23/h1-9,14H,10-13,15H2,(H2,27,29)(H2,28,32). The molecule has 174 valence electrons. The van der Waals surface area contributed by atoms with E-state index in [1.54, 1.807) is 0 Å². The van der Waals surface area contributed by atoms with Crippen molar-refractivity contribution in [1.29, 1.82) is 0 Å². The van der Waals surface area contributed by atoms with Crippen LogP contribution in [0.1, 0.15) is 5.56 Å². The maximum atomic E-state index is 12.2. The monoisotopic (exact) mass is 521 g/mol. The number of benzene rings is 3. The van der Waals surface area contributed by atoms with Gasteiger partial charge in [0.15, 0.2) is 11.4 Å². The number of ether oxygens (including phenoxy) is 1. The number of halogens is 1. The number of fused-ring (bicyclic) bond motifs is 1. The Morgan fingerprint density at radius 2 is 1.82 bits per heavy atom. The molecule has 0 unspecified atom stereocenters. The molecular formula is C25H24BrN5O3. The molecule has 8 nitrogen and oxygen atoms in total. The van der Waals surface area contributed by atoms with E-state index in [0.29, 0.717) is 22.8 Å². The van der Waals surface area contributed by atoms with Crippen LogP contribution >= 0.6 is 15.9 Å². The Morgan fingerprint density at radius 3 is 2.53 bits per heavy atom. The number of hydrogen-bond acceptors (Lipinski definition) is 6. The number of nitrogens with two attached hydrogens (primary N) is 2. The summed E-state index contributed by atoms with van der Waals surface area (Å²) in [5.74, 6) is 0.353. The second-order valence-corrected chi connectivity index (χ2v) is 9.05. The lowest BCUT2D eigenvalue weighted by Gasteiger charge is -2.26. The van der Waals surface area contributed by atoms with Crippen LogP contribution in [0.15, 0.2) is 69.7 Å². The number of anilines is 3. The third-order valence-electron chi connectivity index (χ3n) is 5.95. The van der Waals surface area contributed by atoms with E-state index in [2.05, 4.69) is 32.1 Å². The first-order chi connectivity index (χ1) is 16.5. The zero-order chi connectivity index (χ0) is 23.7. The van der Waals surface area contributed by atoms with Gasteiger partial charge in [-0.1, -0.05) is 51.4 Å². The quantitative estimate of drug-likeness (QED) is 0.386. The number of aromatic nitrogens is 1. The topological polar surface area (TPSA) is 111 Å². The Hall–Kier alpha value is -3.40. The molecule has 1 saturated heterocycles. The molecule has 0 aliphatic carbocycles. The maximum Gasteiger partial charge on any atom is 0.323 e. The summed E-state index contributed by atoms with van der Waals surface area (Å²) < 4.78 is 11.9. The highest BCUT2D eigenvalue weighted by Gasteiger charge is 2.20. The molecule has 3 aromatic carbocycles. The molecule has 4 N–H and O–H groups in total. The van der Waals surface area contributed by atoms with E-state index in [9.17, 15) is 4.79 Å². The number of nitrogen functional groups attached to an aromatic ring is 1.